The fraction of sp³-hybridized carbons (Fsp3) is 0.0556. The number of hydrogen-bond donors (Lipinski definition) is 1. The summed E-state index contributed by atoms with van der Waals surface area (Å²) < 4.78 is 32.8. The Morgan fingerprint density at radius 1 is 1.04 bits per heavy atom. The van der Waals surface area contributed by atoms with Crippen molar-refractivity contribution < 1.29 is 18.0 Å². The zero-order valence-electron chi connectivity index (χ0n) is 12.4. The molecular formula is C18H12F2INO2. The van der Waals surface area contributed by atoms with E-state index in [-0.39, 0.29) is 23.9 Å². The van der Waals surface area contributed by atoms with E-state index in [0.29, 0.717) is 20.5 Å². The van der Waals surface area contributed by atoms with E-state index >= 15 is 0 Å². The predicted octanol–water partition coefficient (Wildman–Crippen LogP) is 4.76. The molecule has 0 unspecified atom stereocenters. The smallest absolute Gasteiger partial charge is 0.287 e. The lowest BCUT2D eigenvalue weighted by Crippen LogP contribution is -2.23. The Morgan fingerprint density at radius 3 is 2.54 bits per heavy atom. The third kappa shape index (κ3) is 3.64. The van der Waals surface area contributed by atoms with Crippen LogP contribution in [0.1, 0.15) is 16.1 Å². The summed E-state index contributed by atoms with van der Waals surface area (Å²) in [4.78, 5) is 12.1. The van der Waals surface area contributed by atoms with Crippen LogP contribution in [0.3, 0.4) is 0 Å². The van der Waals surface area contributed by atoms with Crippen molar-refractivity contribution in [1.29, 1.82) is 0 Å². The van der Waals surface area contributed by atoms with Gasteiger partial charge in [-0.05, 0) is 65.1 Å². The molecule has 6 heteroatoms. The van der Waals surface area contributed by atoms with Crippen LogP contribution in [0.25, 0.3) is 11.3 Å². The maximum Gasteiger partial charge on any atom is 0.287 e. The Labute approximate surface area is 150 Å². The van der Waals surface area contributed by atoms with Crippen LogP contribution in [0.5, 0.6) is 0 Å². The molecule has 0 radical (unpaired) electrons. The second-order valence-electron chi connectivity index (χ2n) is 5.07. The molecule has 24 heavy (non-hydrogen) atoms. The molecule has 0 saturated heterocycles. The van der Waals surface area contributed by atoms with E-state index in [1.165, 1.54) is 18.2 Å². The van der Waals surface area contributed by atoms with Gasteiger partial charge < -0.3 is 9.73 Å². The van der Waals surface area contributed by atoms with Gasteiger partial charge in [-0.25, -0.2) is 8.78 Å². The van der Waals surface area contributed by atoms with Gasteiger partial charge in [0.05, 0.1) is 0 Å². The van der Waals surface area contributed by atoms with E-state index in [1.807, 2.05) is 22.6 Å². The number of carbonyl (C=O) groups excluding carboxylic acids is 1. The summed E-state index contributed by atoms with van der Waals surface area (Å²) in [6.45, 7) is 0.0636. The van der Waals surface area contributed by atoms with Gasteiger partial charge in [0.2, 0.25) is 0 Å². The van der Waals surface area contributed by atoms with Gasteiger partial charge in [0.1, 0.15) is 17.4 Å². The van der Waals surface area contributed by atoms with Crippen molar-refractivity contribution in [3.05, 3.63) is 81.1 Å². The zero-order chi connectivity index (χ0) is 17.1. The van der Waals surface area contributed by atoms with Gasteiger partial charge >= 0.3 is 0 Å². The Balaban J connectivity index is 1.70. The number of benzene rings is 2. The molecule has 2 aromatic carbocycles. The summed E-state index contributed by atoms with van der Waals surface area (Å²) >= 11 is 1.90. The highest BCUT2D eigenvalue weighted by Gasteiger charge is 2.13. The fourth-order valence-corrected chi connectivity index (χ4v) is 2.73. The molecule has 3 nitrogen and oxygen atoms in total. The number of rotatable bonds is 4. The molecule has 0 aliphatic carbocycles. The van der Waals surface area contributed by atoms with E-state index in [0.717, 1.165) is 0 Å². The highest BCUT2D eigenvalue weighted by molar-refractivity contribution is 14.1. The van der Waals surface area contributed by atoms with Gasteiger partial charge in [-0.3, -0.25) is 4.79 Å². The van der Waals surface area contributed by atoms with Gasteiger partial charge in [-0.1, -0.05) is 12.1 Å². The van der Waals surface area contributed by atoms with Crippen LogP contribution in [-0.4, -0.2) is 5.91 Å². The number of carbonyl (C=O) groups is 1. The van der Waals surface area contributed by atoms with Gasteiger partial charge in [0.25, 0.3) is 5.91 Å². The van der Waals surface area contributed by atoms with Crippen LogP contribution in [0.4, 0.5) is 8.78 Å². The highest BCUT2D eigenvalue weighted by Crippen LogP contribution is 2.22. The second-order valence-corrected chi connectivity index (χ2v) is 6.23. The largest absolute Gasteiger partial charge is 0.451 e. The minimum Gasteiger partial charge on any atom is -0.451 e. The van der Waals surface area contributed by atoms with E-state index in [2.05, 4.69) is 5.32 Å². The Hall–Kier alpha value is -2.22. The summed E-state index contributed by atoms with van der Waals surface area (Å²) in [6.07, 6.45) is 0. The Kier molecular flexibility index (Phi) is 4.94. The number of halogens is 3. The van der Waals surface area contributed by atoms with Gasteiger partial charge in [0.15, 0.2) is 5.76 Å². The first kappa shape index (κ1) is 16.6. The van der Waals surface area contributed by atoms with Crippen LogP contribution in [0.2, 0.25) is 0 Å². The minimum atomic E-state index is -0.443. The highest BCUT2D eigenvalue weighted by atomic mass is 127. The van der Waals surface area contributed by atoms with Gasteiger partial charge in [0, 0.05) is 21.2 Å². The van der Waals surface area contributed by atoms with Crippen molar-refractivity contribution in [2.24, 2.45) is 0 Å². The molecule has 0 saturated carbocycles. The van der Waals surface area contributed by atoms with Crippen LogP contribution in [0.15, 0.2) is 59.0 Å². The lowest BCUT2D eigenvalue weighted by Gasteiger charge is -2.06. The summed E-state index contributed by atoms with van der Waals surface area (Å²) in [5.74, 6) is -0.560. The predicted molar refractivity (Wildman–Crippen MR) is 94.4 cm³/mol. The third-order valence-corrected chi connectivity index (χ3v) is 4.26. The van der Waals surface area contributed by atoms with Crippen LogP contribution in [0, 0.1) is 15.2 Å². The number of amides is 1. The number of furan rings is 1. The standard InChI is InChI=1S/C18H12F2INO2/c19-13-6-4-11(5-7-13)15-8-9-16(24-15)18(23)22-10-12-2-1-3-14(21)17(12)20/h1-9H,10H2,(H,22,23). The normalized spacial score (nSPS) is 10.6. The molecule has 1 amide bonds. The average molecular weight is 439 g/mol. The quantitative estimate of drug-likeness (QED) is 0.596. The molecule has 0 aliphatic rings. The van der Waals surface area contributed by atoms with Crippen molar-refractivity contribution >= 4 is 28.5 Å². The van der Waals surface area contributed by atoms with Crippen LogP contribution in [-0.2, 0) is 6.54 Å². The van der Waals surface area contributed by atoms with Gasteiger partial charge in [-0.15, -0.1) is 0 Å². The summed E-state index contributed by atoms with van der Waals surface area (Å²) in [7, 11) is 0. The molecule has 0 bridgehead atoms. The summed E-state index contributed by atoms with van der Waals surface area (Å²) in [6, 6.07) is 13.9. The van der Waals surface area contributed by atoms with E-state index < -0.39 is 5.91 Å². The van der Waals surface area contributed by atoms with Crippen LogP contribution >= 0.6 is 22.6 Å². The summed E-state index contributed by atoms with van der Waals surface area (Å²) in [5.41, 5.74) is 1.07. The first-order valence-corrected chi connectivity index (χ1v) is 8.19. The maximum absolute atomic E-state index is 13.9. The Morgan fingerprint density at radius 2 is 1.79 bits per heavy atom. The first-order valence-electron chi connectivity index (χ1n) is 7.11. The number of hydrogen-bond acceptors (Lipinski definition) is 2. The molecule has 0 atom stereocenters. The minimum absolute atomic E-state index is 0.0636. The van der Waals surface area contributed by atoms with E-state index in [9.17, 15) is 13.6 Å². The first-order chi connectivity index (χ1) is 11.5. The third-order valence-electron chi connectivity index (χ3n) is 3.43. The molecule has 122 valence electrons. The topological polar surface area (TPSA) is 42.2 Å². The SMILES string of the molecule is O=C(NCc1cccc(I)c1F)c1ccc(-c2ccc(F)cc2)o1. The Bertz CT molecular complexity index is 875. The maximum atomic E-state index is 13.9. The fourth-order valence-electron chi connectivity index (χ4n) is 2.18. The van der Waals surface area contributed by atoms with E-state index in [4.69, 9.17) is 4.42 Å². The summed E-state index contributed by atoms with van der Waals surface area (Å²) in [5, 5.41) is 2.62. The molecule has 0 fully saturated rings. The van der Waals surface area contributed by atoms with Crippen molar-refractivity contribution in [1.82, 2.24) is 5.32 Å². The molecule has 3 rings (SSSR count). The average Bonchev–Trinajstić information content (AvgIpc) is 3.07. The lowest BCUT2D eigenvalue weighted by atomic mass is 10.2. The van der Waals surface area contributed by atoms with Crippen molar-refractivity contribution in [2.45, 2.75) is 6.54 Å². The molecule has 1 heterocycles. The molecule has 1 aromatic heterocycles. The van der Waals surface area contributed by atoms with Crippen molar-refractivity contribution in [3.8, 4) is 11.3 Å². The lowest BCUT2D eigenvalue weighted by molar-refractivity contribution is 0.0923. The zero-order valence-corrected chi connectivity index (χ0v) is 14.5. The van der Waals surface area contributed by atoms with E-state index in [1.54, 1.807) is 36.4 Å². The molecule has 0 spiro atoms. The second kappa shape index (κ2) is 7.12. The monoisotopic (exact) mass is 439 g/mol. The number of nitrogens with one attached hydrogen (secondary N) is 1. The van der Waals surface area contributed by atoms with Gasteiger partial charge in [-0.2, -0.15) is 0 Å². The molecule has 3 aromatic rings. The molecular weight excluding hydrogens is 427 g/mol. The van der Waals surface area contributed by atoms with Crippen molar-refractivity contribution in [2.75, 3.05) is 0 Å². The van der Waals surface area contributed by atoms with Crippen molar-refractivity contribution in [3.63, 3.8) is 0 Å². The molecule has 0 aliphatic heterocycles. The van der Waals surface area contributed by atoms with Crippen LogP contribution < -0.4 is 5.32 Å². The molecule has 1 N–H and O–H groups in total.